The van der Waals surface area contributed by atoms with E-state index < -0.39 is 0 Å². The highest BCUT2D eigenvalue weighted by atomic mass is 16.5. The largest absolute Gasteiger partial charge is 0.388 e. The number of hydrogen-bond acceptors (Lipinski definition) is 2. The van der Waals surface area contributed by atoms with Crippen molar-refractivity contribution in [3.05, 3.63) is 0 Å². The first kappa shape index (κ1) is 7.54. The summed E-state index contributed by atoms with van der Waals surface area (Å²) in [4.78, 5) is 0. The monoisotopic (exact) mass is 142 g/mol. The van der Waals surface area contributed by atoms with Gasteiger partial charge in [-0.25, -0.2) is 0 Å². The normalized spacial score (nSPS) is 25.0. The molecule has 1 atom stereocenters. The van der Waals surface area contributed by atoms with Crippen LogP contribution in [0, 0.1) is 11.3 Å². The molecule has 1 unspecified atom stereocenters. The smallest absolute Gasteiger partial charge is 0.0905 e. The van der Waals surface area contributed by atoms with Crippen LogP contribution in [0.2, 0.25) is 0 Å². The van der Waals surface area contributed by atoms with Crippen LogP contribution in [0.3, 0.4) is 0 Å². The Balaban J connectivity index is 2.07. The van der Waals surface area contributed by atoms with Gasteiger partial charge in [0.1, 0.15) is 0 Å². The first-order chi connectivity index (χ1) is 4.79. The number of amidine groups is 1. The van der Waals surface area contributed by atoms with Gasteiger partial charge in [0.25, 0.3) is 0 Å². The molecule has 10 heavy (non-hydrogen) atoms. The number of rotatable bonds is 3. The van der Waals surface area contributed by atoms with Gasteiger partial charge in [-0.1, -0.05) is 0 Å². The Morgan fingerprint density at radius 2 is 2.50 bits per heavy atom. The summed E-state index contributed by atoms with van der Waals surface area (Å²) >= 11 is 0. The minimum atomic E-state index is 0.298. The summed E-state index contributed by atoms with van der Waals surface area (Å²) in [6, 6.07) is 0. The van der Waals surface area contributed by atoms with Crippen LogP contribution in [0.1, 0.15) is 19.3 Å². The van der Waals surface area contributed by atoms with E-state index in [9.17, 15) is 0 Å². The van der Waals surface area contributed by atoms with Gasteiger partial charge in [0.2, 0.25) is 0 Å². The molecule has 3 heteroatoms. The zero-order valence-electron chi connectivity index (χ0n) is 6.10. The molecule has 1 rings (SSSR count). The van der Waals surface area contributed by atoms with Gasteiger partial charge in [-0.3, -0.25) is 5.41 Å². The average molecular weight is 142 g/mol. The fourth-order valence-corrected chi connectivity index (χ4v) is 1.17. The van der Waals surface area contributed by atoms with Gasteiger partial charge in [-0.15, -0.1) is 0 Å². The van der Waals surface area contributed by atoms with E-state index in [1.165, 1.54) is 0 Å². The molecule has 0 amide bonds. The van der Waals surface area contributed by atoms with Gasteiger partial charge < -0.3 is 10.5 Å². The molecule has 1 aliphatic heterocycles. The van der Waals surface area contributed by atoms with Crippen molar-refractivity contribution in [1.29, 1.82) is 5.41 Å². The quantitative estimate of drug-likeness (QED) is 0.451. The summed E-state index contributed by atoms with van der Waals surface area (Å²) in [5.41, 5.74) is 5.21. The van der Waals surface area contributed by atoms with Crippen molar-refractivity contribution in [2.24, 2.45) is 11.7 Å². The van der Waals surface area contributed by atoms with Crippen molar-refractivity contribution >= 4 is 5.84 Å². The molecular formula is C7H14N2O. The minimum absolute atomic E-state index is 0.298. The lowest BCUT2D eigenvalue weighted by molar-refractivity contribution is 0.184. The molecule has 1 heterocycles. The molecule has 1 saturated heterocycles. The first-order valence-corrected chi connectivity index (χ1v) is 3.69. The topological polar surface area (TPSA) is 59.1 Å². The van der Waals surface area contributed by atoms with Crippen molar-refractivity contribution in [1.82, 2.24) is 0 Å². The molecule has 0 bridgehead atoms. The van der Waals surface area contributed by atoms with Crippen molar-refractivity contribution in [2.75, 3.05) is 13.2 Å². The fraction of sp³-hybridized carbons (Fsp3) is 0.857. The molecule has 0 aromatic rings. The van der Waals surface area contributed by atoms with Crippen LogP contribution in [0.15, 0.2) is 0 Å². The van der Waals surface area contributed by atoms with Crippen LogP contribution in [-0.2, 0) is 4.74 Å². The van der Waals surface area contributed by atoms with Crippen molar-refractivity contribution in [2.45, 2.75) is 19.3 Å². The van der Waals surface area contributed by atoms with Gasteiger partial charge in [-0.05, 0) is 18.8 Å². The van der Waals surface area contributed by atoms with Gasteiger partial charge >= 0.3 is 0 Å². The standard InChI is InChI=1S/C7H14N2O/c8-7(9)2-1-6-3-4-10-5-6/h6H,1-5H2,(H3,8,9). The average Bonchev–Trinajstić information content (AvgIpc) is 2.34. The predicted octanol–water partition coefficient (Wildman–Crippen LogP) is 0.739. The summed E-state index contributed by atoms with van der Waals surface area (Å²) in [6.45, 7) is 1.76. The summed E-state index contributed by atoms with van der Waals surface area (Å²) < 4.78 is 5.18. The van der Waals surface area contributed by atoms with Crippen LogP contribution < -0.4 is 5.73 Å². The van der Waals surface area contributed by atoms with Gasteiger partial charge in [-0.2, -0.15) is 0 Å². The van der Waals surface area contributed by atoms with E-state index in [2.05, 4.69) is 0 Å². The Kier molecular flexibility index (Phi) is 2.68. The molecule has 3 nitrogen and oxygen atoms in total. The van der Waals surface area contributed by atoms with Crippen LogP contribution in [-0.4, -0.2) is 19.0 Å². The number of ether oxygens (including phenoxy) is 1. The molecule has 0 aromatic heterocycles. The summed E-state index contributed by atoms with van der Waals surface area (Å²) in [5, 5.41) is 7.00. The van der Waals surface area contributed by atoms with Gasteiger partial charge in [0, 0.05) is 19.6 Å². The molecule has 0 saturated carbocycles. The molecule has 0 radical (unpaired) electrons. The van der Waals surface area contributed by atoms with Crippen LogP contribution in [0.4, 0.5) is 0 Å². The second-order valence-corrected chi connectivity index (χ2v) is 2.79. The van der Waals surface area contributed by atoms with E-state index in [4.69, 9.17) is 15.9 Å². The summed E-state index contributed by atoms with van der Waals surface area (Å²) in [5.74, 6) is 0.954. The highest BCUT2D eigenvalue weighted by molar-refractivity contribution is 5.76. The van der Waals surface area contributed by atoms with Gasteiger partial charge in [0.05, 0.1) is 5.84 Å². The predicted molar refractivity (Wildman–Crippen MR) is 40.1 cm³/mol. The summed E-state index contributed by atoms with van der Waals surface area (Å²) in [6.07, 6.45) is 2.90. The number of hydrogen-bond donors (Lipinski definition) is 2. The minimum Gasteiger partial charge on any atom is -0.388 e. The maximum Gasteiger partial charge on any atom is 0.0905 e. The zero-order valence-corrected chi connectivity index (χ0v) is 6.10. The van der Waals surface area contributed by atoms with Crippen LogP contribution in [0.5, 0.6) is 0 Å². The van der Waals surface area contributed by atoms with Crippen molar-refractivity contribution < 1.29 is 4.74 Å². The van der Waals surface area contributed by atoms with Crippen molar-refractivity contribution in [3.8, 4) is 0 Å². The SMILES string of the molecule is N=C(N)CCC1CCOC1. The second-order valence-electron chi connectivity index (χ2n) is 2.79. The molecule has 0 aromatic carbocycles. The van der Waals surface area contributed by atoms with Crippen LogP contribution >= 0.6 is 0 Å². The van der Waals surface area contributed by atoms with Crippen molar-refractivity contribution in [3.63, 3.8) is 0 Å². The maximum absolute atomic E-state index is 7.00. The highest BCUT2D eigenvalue weighted by Gasteiger charge is 2.14. The Morgan fingerprint density at radius 3 is 3.00 bits per heavy atom. The lowest BCUT2D eigenvalue weighted by Gasteiger charge is -2.04. The lowest BCUT2D eigenvalue weighted by atomic mass is 10.0. The Morgan fingerprint density at radius 1 is 1.70 bits per heavy atom. The van der Waals surface area contributed by atoms with Crippen LogP contribution in [0.25, 0.3) is 0 Å². The summed E-state index contributed by atoms with van der Waals surface area (Å²) in [7, 11) is 0. The third-order valence-electron chi connectivity index (χ3n) is 1.85. The van der Waals surface area contributed by atoms with E-state index in [1.807, 2.05) is 0 Å². The fourth-order valence-electron chi connectivity index (χ4n) is 1.17. The van der Waals surface area contributed by atoms with E-state index in [1.54, 1.807) is 0 Å². The van der Waals surface area contributed by atoms with E-state index in [-0.39, 0.29) is 0 Å². The molecule has 1 fully saturated rings. The van der Waals surface area contributed by atoms with Gasteiger partial charge in [0.15, 0.2) is 0 Å². The molecular weight excluding hydrogens is 128 g/mol. The maximum atomic E-state index is 7.00. The zero-order chi connectivity index (χ0) is 7.40. The third kappa shape index (κ3) is 2.35. The molecule has 0 spiro atoms. The molecule has 58 valence electrons. The first-order valence-electron chi connectivity index (χ1n) is 3.69. The Labute approximate surface area is 61.1 Å². The lowest BCUT2D eigenvalue weighted by Crippen LogP contribution is -2.11. The Hall–Kier alpha value is -0.570. The number of nitrogens with two attached hydrogens (primary N) is 1. The number of nitrogens with one attached hydrogen (secondary N) is 1. The Bertz CT molecular complexity index is 119. The second kappa shape index (κ2) is 3.56. The van der Waals surface area contributed by atoms with E-state index in [0.717, 1.165) is 32.5 Å². The highest BCUT2D eigenvalue weighted by Crippen LogP contribution is 2.17. The van der Waals surface area contributed by atoms with E-state index >= 15 is 0 Å². The molecule has 0 aliphatic carbocycles. The molecule has 1 aliphatic rings. The third-order valence-corrected chi connectivity index (χ3v) is 1.85. The molecule has 3 N–H and O–H groups in total. The van der Waals surface area contributed by atoms with E-state index in [0.29, 0.717) is 11.8 Å².